The first-order chi connectivity index (χ1) is 16.4. The third kappa shape index (κ3) is 6.21. The molecule has 9 nitrogen and oxygen atoms in total. The van der Waals surface area contributed by atoms with Gasteiger partial charge in [0.25, 0.3) is 5.91 Å². The van der Waals surface area contributed by atoms with Crippen molar-refractivity contribution in [3.63, 3.8) is 0 Å². The topological polar surface area (TPSA) is 107 Å². The van der Waals surface area contributed by atoms with Crippen LogP contribution in [0.3, 0.4) is 0 Å². The monoisotopic (exact) mass is 503 g/mol. The zero-order valence-corrected chi connectivity index (χ0v) is 20.9. The molecule has 3 rings (SSSR count). The van der Waals surface area contributed by atoms with Crippen LogP contribution in [0.25, 0.3) is 0 Å². The molecule has 0 saturated heterocycles. The Labute approximate surface area is 207 Å². The molecular weight excluding hydrogens is 478 g/mol. The Balaban J connectivity index is 1.63. The number of hydrogen-bond donors (Lipinski definition) is 2. The first-order valence-electron chi connectivity index (χ1n) is 10.5. The largest absolute Gasteiger partial charge is 0.497 e. The van der Waals surface area contributed by atoms with E-state index in [0.29, 0.717) is 45.3 Å². The lowest BCUT2D eigenvalue weighted by Gasteiger charge is -2.15. The summed E-state index contributed by atoms with van der Waals surface area (Å²) in [6.07, 6.45) is 0. The van der Waals surface area contributed by atoms with Crippen molar-refractivity contribution in [1.82, 2.24) is 20.1 Å². The maximum absolute atomic E-state index is 12.6. The van der Waals surface area contributed by atoms with Crippen molar-refractivity contribution in [2.24, 2.45) is 0 Å². The van der Waals surface area contributed by atoms with Gasteiger partial charge in [0.2, 0.25) is 5.91 Å². The summed E-state index contributed by atoms with van der Waals surface area (Å²) in [5.41, 5.74) is 1.01. The van der Waals surface area contributed by atoms with E-state index in [4.69, 9.17) is 21.1 Å². The lowest BCUT2D eigenvalue weighted by molar-refractivity contribution is -0.113. The van der Waals surface area contributed by atoms with Crippen LogP contribution in [0.5, 0.6) is 11.5 Å². The van der Waals surface area contributed by atoms with Gasteiger partial charge in [-0.1, -0.05) is 23.4 Å². The Hall–Kier alpha value is -3.24. The fraction of sp³-hybridized carbons (Fsp3) is 0.304. The molecule has 1 atom stereocenters. The predicted octanol–water partition coefficient (Wildman–Crippen LogP) is 4.19. The van der Waals surface area contributed by atoms with Crippen molar-refractivity contribution in [3.8, 4) is 11.5 Å². The third-order valence-corrected chi connectivity index (χ3v) is 6.12. The Kier molecular flexibility index (Phi) is 8.78. The second kappa shape index (κ2) is 11.8. The molecule has 0 aliphatic heterocycles. The molecule has 0 aliphatic carbocycles. The molecule has 0 radical (unpaired) electrons. The van der Waals surface area contributed by atoms with Crippen LogP contribution in [0.15, 0.2) is 47.6 Å². The number of nitrogens with zero attached hydrogens (tertiary/aromatic N) is 3. The Morgan fingerprint density at radius 1 is 1.12 bits per heavy atom. The molecule has 0 bridgehead atoms. The van der Waals surface area contributed by atoms with Crippen molar-refractivity contribution >= 4 is 40.9 Å². The average molecular weight is 504 g/mol. The summed E-state index contributed by atoms with van der Waals surface area (Å²) in [5, 5.41) is 15.3. The number of carbonyl (C=O) groups is 2. The Morgan fingerprint density at radius 2 is 1.85 bits per heavy atom. The minimum Gasteiger partial charge on any atom is -0.497 e. The number of methoxy groups -OCH3 is 2. The highest BCUT2D eigenvalue weighted by molar-refractivity contribution is 7.99. The maximum Gasteiger partial charge on any atom is 0.251 e. The van der Waals surface area contributed by atoms with Crippen molar-refractivity contribution in [1.29, 1.82) is 0 Å². The number of aromatic nitrogens is 3. The molecule has 0 saturated carbocycles. The van der Waals surface area contributed by atoms with Crippen molar-refractivity contribution < 1.29 is 19.1 Å². The average Bonchev–Trinajstić information content (AvgIpc) is 3.26. The minimum absolute atomic E-state index is 0.111. The number of nitrogens with one attached hydrogen (secondary N) is 2. The van der Waals surface area contributed by atoms with Gasteiger partial charge >= 0.3 is 0 Å². The lowest BCUT2D eigenvalue weighted by Crippen LogP contribution is -2.28. The maximum atomic E-state index is 12.6. The van der Waals surface area contributed by atoms with Gasteiger partial charge in [0.1, 0.15) is 11.5 Å². The molecule has 0 aliphatic rings. The van der Waals surface area contributed by atoms with Crippen LogP contribution in [0.2, 0.25) is 5.02 Å². The van der Waals surface area contributed by atoms with Crippen LogP contribution in [-0.4, -0.2) is 46.6 Å². The Morgan fingerprint density at radius 3 is 2.50 bits per heavy atom. The SMILES string of the molecule is CCn1c(SCC(=O)Nc2cc(Cl)ccc2OC)nnc1[C@H](C)NC(=O)c1ccc(OC)cc1. The zero-order valence-electron chi connectivity index (χ0n) is 19.3. The quantitative estimate of drug-likeness (QED) is 0.399. The molecule has 0 spiro atoms. The summed E-state index contributed by atoms with van der Waals surface area (Å²) >= 11 is 7.27. The number of halogens is 1. The van der Waals surface area contributed by atoms with Crippen LogP contribution in [0.1, 0.15) is 36.1 Å². The van der Waals surface area contributed by atoms with E-state index in [2.05, 4.69) is 20.8 Å². The van der Waals surface area contributed by atoms with Crippen LogP contribution >= 0.6 is 23.4 Å². The molecule has 2 N–H and O–H groups in total. The minimum atomic E-state index is -0.388. The third-order valence-electron chi connectivity index (χ3n) is 4.92. The van der Waals surface area contributed by atoms with E-state index >= 15 is 0 Å². The number of ether oxygens (including phenoxy) is 2. The van der Waals surface area contributed by atoms with Crippen molar-refractivity contribution in [2.45, 2.75) is 31.6 Å². The fourth-order valence-corrected chi connectivity index (χ4v) is 4.19. The first kappa shape index (κ1) is 25.4. The van der Waals surface area contributed by atoms with Gasteiger partial charge in [0, 0.05) is 17.1 Å². The number of hydrogen-bond acceptors (Lipinski definition) is 7. The van der Waals surface area contributed by atoms with Gasteiger partial charge in [0.05, 0.1) is 31.7 Å². The van der Waals surface area contributed by atoms with Crippen LogP contribution in [0.4, 0.5) is 5.69 Å². The molecule has 2 aromatic carbocycles. The summed E-state index contributed by atoms with van der Waals surface area (Å²) in [6.45, 7) is 4.37. The van der Waals surface area contributed by atoms with Gasteiger partial charge in [-0.15, -0.1) is 10.2 Å². The predicted molar refractivity (Wildman–Crippen MR) is 132 cm³/mol. The fourth-order valence-electron chi connectivity index (χ4n) is 3.21. The second-order valence-corrected chi connectivity index (χ2v) is 8.57. The highest BCUT2D eigenvalue weighted by Gasteiger charge is 2.20. The van der Waals surface area contributed by atoms with Gasteiger partial charge in [-0.25, -0.2) is 0 Å². The zero-order chi connectivity index (χ0) is 24.7. The van der Waals surface area contributed by atoms with Gasteiger partial charge in [-0.2, -0.15) is 0 Å². The molecule has 34 heavy (non-hydrogen) atoms. The molecule has 0 fully saturated rings. The smallest absolute Gasteiger partial charge is 0.251 e. The van der Waals surface area contributed by atoms with E-state index in [1.807, 2.05) is 18.4 Å². The van der Waals surface area contributed by atoms with Crippen LogP contribution in [0, 0.1) is 0 Å². The van der Waals surface area contributed by atoms with Gasteiger partial charge in [-0.05, 0) is 56.3 Å². The highest BCUT2D eigenvalue weighted by Crippen LogP contribution is 2.28. The number of carbonyl (C=O) groups excluding carboxylic acids is 2. The van der Waals surface area contributed by atoms with Crippen LogP contribution in [-0.2, 0) is 11.3 Å². The van der Waals surface area contributed by atoms with Crippen molar-refractivity contribution in [2.75, 3.05) is 25.3 Å². The van der Waals surface area contributed by atoms with E-state index in [1.54, 1.807) is 49.6 Å². The number of thioether (sulfide) groups is 1. The molecule has 3 aromatic rings. The summed E-state index contributed by atoms with van der Waals surface area (Å²) in [5.74, 6) is 1.44. The second-order valence-electron chi connectivity index (χ2n) is 7.19. The van der Waals surface area contributed by atoms with Gasteiger partial charge in [-0.3, -0.25) is 9.59 Å². The van der Waals surface area contributed by atoms with Gasteiger partial charge < -0.3 is 24.7 Å². The van der Waals surface area contributed by atoms with Gasteiger partial charge in [0.15, 0.2) is 11.0 Å². The van der Waals surface area contributed by atoms with E-state index in [1.165, 1.54) is 18.9 Å². The lowest BCUT2D eigenvalue weighted by atomic mass is 10.2. The molecule has 11 heteroatoms. The van der Waals surface area contributed by atoms with Crippen LogP contribution < -0.4 is 20.1 Å². The summed E-state index contributed by atoms with van der Waals surface area (Å²) < 4.78 is 12.3. The molecule has 2 amide bonds. The summed E-state index contributed by atoms with van der Waals surface area (Å²) in [6, 6.07) is 11.5. The summed E-state index contributed by atoms with van der Waals surface area (Å²) in [4.78, 5) is 25.1. The number of benzene rings is 2. The van der Waals surface area contributed by atoms with Crippen molar-refractivity contribution in [3.05, 3.63) is 58.9 Å². The Bertz CT molecular complexity index is 1150. The molecule has 1 aromatic heterocycles. The van der Waals surface area contributed by atoms with E-state index < -0.39 is 0 Å². The molecule has 180 valence electrons. The van der Waals surface area contributed by atoms with E-state index in [-0.39, 0.29) is 23.6 Å². The first-order valence-corrected chi connectivity index (χ1v) is 11.9. The van der Waals surface area contributed by atoms with E-state index in [9.17, 15) is 9.59 Å². The molecular formula is C23H26ClN5O4S. The highest BCUT2D eigenvalue weighted by atomic mass is 35.5. The molecule has 0 unspecified atom stereocenters. The summed E-state index contributed by atoms with van der Waals surface area (Å²) in [7, 11) is 3.09. The van der Waals surface area contributed by atoms with E-state index in [0.717, 1.165) is 0 Å². The number of amides is 2. The standard InChI is InChI=1S/C23H26ClN5O4S/c1-5-29-21(14(2)25-22(31)15-6-9-17(32-3)10-7-15)27-28-23(29)34-13-20(30)26-18-12-16(24)8-11-19(18)33-4/h6-12,14H,5,13H2,1-4H3,(H,25,31)(H,26,30)/t14-/m0/s1. The molecule has 1 heterocycles. The normalized spacial score (nSPS) is 11.6. The number of anilines is 1. The number of rotatable bonds is 10.